The van der Waals surface area contributed by atoms with E-state index in [0.717, 1.165) is 11.2 Å². The van der Waals surface area contributed by atoms with Gasteiger partial charge < -0.3 is 8.98 Å². The number of hydrogen-bond acceptors (Lipinski definition) is 7. The monoisotopic (exact) mass is 441 g/mol. The molecule has 0 radical (unpaired) electrons. The number of imidazole rings is 1. The zero-order chi connectivity index (χ0) is 21.9. The average molecular weight is 441 g/mol. The molecule has 1 aromatic carbocycles. The van der Waals surface area contributed by atoms with Gasteiger partial charge in [-0.2, -0.15) is 13.2 Å². The molecular formula is C17H14F3N5O4S. The molecule has 0 fully saturated rings. The first-order valence-electron chi connectivity index (χ1n) is 8.26. The van der Waals surface area contributed by atoms with Gasteiger partial charge in [0, 0.05) is 25.5 Å². The number of alkyl halides is 3. The van der Waals surface area contributed by atoms with Crippen molar-refractivity contribution >= 4 is 29.0 Å². The molecule has 0 aliphatic carbocycles. The Morgan fingerprint density at radius 1 is 1.33 bits per heavy atom. The number of halogens is 3. The Balaban J connectivity index is 1.64. The molecule has 13 heteroatoms. The Hall–Kier alpha value is -3.48. The molecule has 3 aromatic rings. The molecule has 0 spiro atoms. The molecular weight excluding hydrogens is 427 g/mol. The van der Waals surface area contributed by atoms with E-state index in [4.69, 9.17) is 4.42 Å². The number of hydrazine groups is 1. The van der Waals surface area contributed by atoms with Gasteiger partial charge in [0.2, 0.25) is 0 Å². The lowest BCUT2D eigenvalue weighted by Gasteiger charge is -2.10. The maximum absolute atomic E-state index is 12.7. The van der Waals surface area contributed by atoms with Crippen molar-refractivity contribution in [2.45, 2.75) is 17.1 Å². The predicted octanol–water partition coefficient (Wildman–Crippen LogP) is 3.99. The van der Waals surface area contributed by atoms with Crippen LogP contribution in [0.15, 0.2) is 52.3 Å². The fourth-order valence-electron chi connectivity index (χ4n) is 2.35. The third-order valence-electron chi connectivity index (χ3n) is 3.84. The van der Waals surface area contributed by atoms with Crippen LogP contribution in [0, 0.1) is 10.1 Å². The number of nitro groups is 1. The number of rotatable bonds is 7. The van der Waals surface area contributed by atoms with Crippen molar-refractivity contribution < 1.29 is 27.3 Å². The molecule has 30 heavy (non-hydrogen) atoms. The van der Waals surface area contributed by atoms with Crippen LogP contribution in [0.5, 0.6) is 0 Å². The Morgan fingerprint density at radius 2 is 2.10 bits per heavy atom. The van der Waals surface area contributed by atoms with Gasteiger partial charge in [0.15, 0.2) is 10.9 Å². The Labute approximate surface area is 171 Å². The smallest absolute Gasteiger partial charge is 0.416 e. The van der Waals surface area contributed by atoms with Crippen molar-refractivity contribution in [3.05, 3.63) is 69.9 Å². The number of carbonyl (C=O) groups excluding carboxylic acids is 1. The maximum atomic E-state index is 12.7. The summed E-state index contributed by atoms with van der Waals surface area (Å²) in [5, 5.41) is 11.8. The summed E-state index contributed by atoms with van der Waals surface area (Å²) in [6, 6.07) is 4.91. The van der Waals surface area contributed by atoms with Crippen molar-refractivity contribution in [1.82, 2.24) is 15.0 Å². The van der Waals surface area contributed by atoms with Crippen molar-refractivity contribution in [3.63, 3.8) is 0 Å². The Bertz CT molecular complexity index is 1080. The summed E-state index contributed by atoms with van der Waals surface area (Å²) in [6.07, 6.45) is -1.30. The SMILES string of the molecule is Cn1ccnc1SCc1ccc(C(=O)NNc2ccc(C(F)(F)F)cc2[N+](=O)[O-])o1. The van der Waals surface area contributed by atoms with Crippen molar-refractivity contribution in [3.8, 4) is 0 Å². The minimum atomic E-state index is -4.73. The molecule has 0 saturated heterocycles. The van der Waals surface area contributed by atoms with Gasteiger partial charge in [0.1, 0.15) is 11.4 Å². The van der Waals surface area contributed by atoms with Crippen LogP contribution in [0.2, 0.25) is 0 Å². The lowest BCUT2D eigenvalue weighted by molar-refractivity contribution is -0.384. The highest BCUT2D eigenvalue weighted by Gasteiger charge is 2.33. The van der Waals surface area contributed by atoms with Gasteiger partial charge in [-0.05, 0) is 24.3 Å². The Morgan fingerprint density at radius 3 is 2.73 bits per heavy atom. The van der Waals surface area contributed by atoms with Gasteiger partial charge in [0.05, 0.1) is 16.2 Å². The quantitative estimate of drug-likeness (QED) is 0.324. The molecule has 3 rings (SSSR count). The molecule has 0 aliphatic heterocycles. The van der Waals surface area contributed by atoms with E-state index in [9.17, 15) is 28.1 Å². The van der Waals surface area contributed by atoms with E-state index >= 15 is 0 Å². The largest absolute Gasteiger partial charge is 0.455 e. The summed E-state index contributed by atoms with van der Waals surface area (Å²) in [7, 11) is 1.84. The van der Waals surface area contributed by atoms with Gasteiger partial charge in [-0.1, -0.05) is 11.8 Å². The summed E-state index contributed by atoms with van der Waals surface area (Å²) >= 11 is 1.39. The second kappa shape index (κ2) is 8.49. The van der Waals surface area contributed by atoms with E-state index in [-0.39, 0.29) is 11.4 Å². The molecule has 0 aliphatic rings. The number of nitrogens with zero attached hydrogens (tertiary/aromatic N) is 3. The summed E-state index contributed by atoms with van der Waals surface area (Å²) in [6.45, 7) is 0. The van der Waals surface area contributed by atoms with Gasteiger partial charge >= 0.3 is 12.1 Å². The number of carbonyl (C=O) groups is 1. The average Bonchev–Trinajstić information content (AvgIpc) is 3.32. The number of aromatic nitrogens is 2. The maximum Gasteiger partial charge on any atom is 0.416 e. The van der Waals surface area contributed by atoms with Crippen molar-refractivity contribution in [2.75, 3.05) is 5.43 Å². The Kier molecular flexibility index (Phi) is 6.01. The molecule has 0 unspecified atom stereocenters. The van der Waals surface area contributed by atoms with Crippen LogP contribution in [0.1, 0.15) is 21.9 Å². The molecule has 2 aromatic heterocycles. The van der Waals surface area contributed by atoms with E-state index < -0.39 is 28.3 Å². The summed E-state index contributed by atoms with van der Waals surface area (Å²) in [5.41, 5.74) is 2.11. The van der Waals surface area contributed by atoms with E-state index in [1.54, 1.807) is 18.5 Å². The first-order chi connectivity index (χ1) is 14.1. The third kappa shape index (κ3) is 4.92. The van der Waals surface area contributed by atoms with Crippen LogP contribution >= 0.6 is 11.8 Å². The first kappa shape index (κ1) is 21.2. The highest BCUT2D eigenvalue weighted by atomic mass is 32.2. The molecule has 1 amide bonds. The second-order valence-corrected chi connectivity index (χ2v) is 6.88. The van der Waals surface area contributed by atoms with Crippen LogP contribution in [-0.2, 0) is 19.0 Å². The van der Waals surface area contributed by atoms with Gasteiger partial charge in [-0.25, -0.2) is 4.98 Å². The minimum absolute atomic E-state index is 0.0764. The molecule has 0 atom stereocenters. The van der Waals surface area contributed by atoms with Crippen LogP contribution in [-0.4, -0.2) is 20.4 Å². The zero-order valence-corrected chi connectivity index (χ0v) is 16.1. The van der Waals surface area contributed by atoms with Crippen LogP contribution in [0.4, 0.5) is 24.5 Å². The molecule has 2 heterocycles. The van der Waals surface area contributed by atoms with E-state index in [2.05, 4.69) is 15.8 Å². The molecule has 0 bridgehead atoms. The number of anilines is 1. The second-order valence-electron chi connectivity index (χ2n) is 5.94. The number of nitrogens with one attached hydrogen (secondary N) is 2. The molecule has 9 nitrogen and oxygen atoms in total. The molecule has 2 N–H and O–H groups in total. The number of hydrogen-bond donors (Lipinski definition) is 2. The fourth-order valence-corrected chi connectivity index (χ4v) is 3.18. The van der Waals surface area contributed by atoms with Crippen LogP contribution in [0.25, 0.3) is 0 Å². The third-order valence-corrected chi connectivity index (χ3v) is 4.92. The topological polar surface area (TPSA) is 115 Å². The number of thioether (sulfide) groups is 1. The summed E-state index contributed by atoms with van der Waals surface area (Å²) < 4.78 is 45.5. The standard InChI is InChI=1S/C17H14F3N5O4S/c1-24-7-6-21-16(24)30-9-11-3-5-14(29-11)15(26)23-22-12-4-2-10(17(18,19)20)8-13(12)25(27)28/h2-8,22H,9H2,1H3,(H,23,26). The fraction of sp³-hybridized carbons (Fsp3) is 0.176. The van der Waals surface area contributed by atoms with Gasteiger partial charge in [0.25, 0.3) is 5.69 Å². The van der Waals surface area contributed by atoms with Crippen LogP contribution in [0.3, 0.4) is 0 Å². The predicted molar refractivity (Wildman–Crippen MR) is 101 cm³/mol. The van der Waals surface area contributed by atoms with Crippen molar-refractivity contribution in [2.24, 2.45) is 7.05 Å². The van der Waals surface area contributed by atoms with Crippen molar-refractivity contribution in [1.29, 1.82) is 0 Å². The van der Waals surface area contributed by atoms with Crippen LogP contribution < -0.4 is 10.9 Å². The van der Waals surface area contributed by atoms with E-state index in [0.29, 0.717) is 23.6 Å². The molecule has 0 saturated carbocycles. The number of amides is 1. The van der Waals surface area contributed by atoms with Gasteiger partial charge in [-0.3, -0.25) is 25.8 Å². The number of nitro benzene ring substituents is 1. The van der Waals surface area contributed by atoms with E-state index in [1.807, 2.05) is 11.6 Å². The summed E-state index contributed by atoms with van der Waals surface area (Å²) in [4.78, 5) is 26.4. The number of benzene rings is 1. The van der Waals surface area contributed by atoms with E-state index in [1.165, 1.54) is 17.8 Å². The highest BCUT2D eigenvalue weighted by molar-refractivity contribution is 7.98. The number of aryl methyl sites for hydroxylation is 1. The minimum Gasteiger partial charge on any atom is -0.455 e. The lowest BCUT2D eigenvalue weighted by atomic mass is 10.1. The lowest BCUT2D eigenvalue weighted by Crippen LogP contribution is -2.29. The normalized spacial score (nSPS) is 11.3. The zero-order valence-electron chi connectivity index (χ0n) is 15.3. The highest BCUT2D eigenvalue weighted by Crippen LogP contribution is 2.34. The molecule has 158 valence electrons. The summed E-state index contributed by atoms with van der Waals surface area (Å²) in [5.74, 6) is 0.0780. The number of furan rings is 1. The first-order valence-corrected chi connectivity index (χ1v) is 9.24. The van der Waals surface area contributed by atoms with Gasteiger partial charge in [-0.15, -0.1) is 0 Å².